The number of benzene rings is 1. The number of aliphatic hydroxyl groups is 1. The van der Waals surface area contributed by atoms with Crippen LogP contribution in [0.3, 0.4) is 0 Å². The number of aromatic nitrogens is 1. The Morgan fingerprint density at radius 3 is 2.55 bits per heavy atom. The van der Waals surface area contributed by atoms with Gasteiger partial charge in [-0.15, -0.1) is 0 Å². The number of nitrogens with zero attached hydrogens (tertiary/aromatic N) is 1. The third-order valence-corrected chi connectivity index (χ3v) is 4.76. The Bertz CT molecular complexity index is 707. The van der Waals surface area contributed by atoms with Gasteiger partial charge in [0.05, 0.1) is 4.90 Å². The van der Waals surface area contributed by atoms with Gasteiger partial charge in [-0.1, -0.05) is 19.1 Å². The third-order valence-electron chi connectivity index (χ3n) is 3.32. The van der Waals surface area contributed by atoms with E-state index in [0.29, 0.717) is 24.6 Å². The van der Waals surface area contributed by atoms with Crippen LogP contribution in [-0.2, 0) is 10.0 Å². The van der Waals surface area contributed by atoms with Gasteiger partial charge in [-0.2, -0.15) is 0 Å². The van der Waals surface area contributed by atoms with Gasteiger partial charge in [0.1, 0.15) is 12.0 Å². The Morgan fingerprint density at radius 1 is 1.32 bits per heavy atom. The summed E-state index contributed by atoms with van der Waals surface area (Å²) < 4.78 is 32.1. The van der Waals surface area contributed by atoms with Crippen molar-refractivity contribution < 1.29 is 17.9 Å². The maximum atomic E-state index is 12.2. The van der Waals surface area contributed by atoms with Gasteiger partial charge in [0, 0.05) is 25.6 Å². The van der Waals surface area contributed by atoms with Gasteiger partial charge in [0.2, 0.25) is 10.0 Å². The zero-order valence-electron chi connectivity index (χ0n) is 12.6. The van der Waals surface area contributed by atoms with E-state index in [4.69, 9.17) is 9.52 Å². The molecule has 2 N–H and O–H groups in total. The number of aliphatic hydroxyl groups excluding tert-OH is 1. The predicted molar refractivity (Wildman–Crippen MR) is 82.7 cm³/mol. The van der Waals surface area contributed by atoms with Crippen LogP contribution in [0.25, 0.3) is 11.3 Å². The number of sulfonamides is 1. The number of aryl methyl sites for hydroxylation is 1. The largest absolute Gasteiger partial charge is 0.449 e. The highest BCUT2D eigenvalue weighted by molar-refractivity contribution is 7.89. The van der Waals surface area contributed by atoms with Gasteiger partial charge in [-0.25, -0.2) is 18.1 Å². The van der Waals surface area contributed by atoms with Crippen LogP contribution < -0.4 is 4.72 Å². The van der Waals surface area contributed by atoms with E-state index in [1.54, 1.807) is 31.2 Å². The normalized spacial score (nSPS) is 13.2. The van der Waals surface area contributed by atoms with Crippen molar-refractivity contribution in [3.8, 4) is 11.3 Å². The maximum absolute atomic E-state index is 12.2. The number of oxazole rings is 1. The van der Waals surface area contributed by atoms with Gasteiger partial charge in [0.25, 0.3) is 0 Å². The molecule has 0 aliphatic rings. The van der Waals surface area contributed by atoms with Crippen molar-refractivity contribution >= 4 is 10.0 Å². The smallest absolute Gasteiger partial charge is 0.240 e. The average molecular weight is 324 g/mol. The van der Waals surface area contributed by atoms with Crippen molar-refractivity contribution in [2.24, 2.45) is 5.92 Å². The number of hydrogen-bond acceptors (Lipinski definition) is 5. The summed E-state index contributed by atoms with van der Waals surface area (Å²) in [6.07, 6.45) is 2.10. The maximum Gasteiger partial charge on any atom is 0.240 e. The first-order valence-electron chi connectivity index (χ1n) is 7.05. The van der Waals surface area contributed by atoms with Crippen LogP contribution in [0.4, 0.5) is 0 Å². The van der Waals surface area contributed by atoms with E-state index in [1.807, 2.05) is 6.92 Å². The topological polar surface area (TPSA) is 92.4 Å². The first kappa shape index (κ1) is 16.7. The van der Waals surface area contributed by atoms with E-state index < -0.39 is 10.0 Å². The van der Waals surface area contributed by atoms with Crippen LogP contribution in [0.2, 0.25) is 0 Å². The molecule has 0 amide bonds. The second-order valence-electron chi connectivity index (χ2n) is 5.25. The predicted octanol–water partition coefficient (Wildman–Crippen LogP) is 1.95. The van der Waals surface area contributed by atoms with E-state index in [2.05, 4.69) is 9.71 Å². The quantitative estimate of drug-likeness (QED) is 0.812. The molecule has 0 saturated heterocycles. The van der Waals surface area contributed by atoms with Gasteiger partial charge in [-0.05, 0) is 24.5 Å². The second-order valence-corrected chi connectivity index (χ2v) is 7.01. The molecular formula is C15H20N2O4S. The molecule has 0 saturated carbocycles. The van der Waals surface area contributed by atoms with Crippen LogP contribution in [0.1, 0.15) is 19.2 Å². The lowest BCUT2D eigenvalue weighted by atomic mass is 10.1. The van der Waals surface area contributed by atoms with Crippen molar-refractivity contribution in [1.29, 1.82) is 0 Å². The standard InChI is InChI=1S/C15H20N2O4S/c1-11(7-8-18)9-16-22(19,20)14-5-3-13(4-6-14)15-10-21-12(2)17-15/h3-6,10-11,16,18H,7-9H2,1-2H3. The molecule has 7 heteroatoms. The number of hydrogen-bond donors (Lipinski definition) is 2. The first-order chi connectivity index (χ1) is 10.4. The SMILES string of the molecule is Cc1nc(-c2ccc(S(=O)(=O)NCC(C)CCO)cc2)co1. The molecular weight excluding hydrogens is 304 g/mol. The summed E-state index contributed by atoms with van der Waals surface area (Å²) in [5.41, 5.74) is 1.47. The van der Waals surface area contributed by atoms with E-state index in [1.165, 1.54) is 6.26 Å². The lowest BCUT2D eigenvalue weighted by Crippen LogP contribution is -2.28. The Kier molecular flexibility index (Phi) is 5.33. The molecule has 2 rings (SSSR count). The lowest BCUT2D eigenvalue weighted by Gasteiger charge is -2.11. The van der Waals surface area contributed by atoms with Crippen molar-refractivity contribution in [3.05, 3.63) is 36.4 Å². The molecule has 1 unspecified atom stereocenters. The minimum Gasteiger partial charge on any atom is -0.449 e. The Hall–Kier alpha value is -1.70. The van der Waals surface area contributed by atoms with Crippen LogP contribution in [0, 0.1) is 12.8 Å². The molecule has 0 bridgehead atoms. The van der Waals surface area contributed by atoms with Gasteiger partial charge in [-0.3, -0.25) is 0 Å². The molecule has 2 aromatic rings. The Morgan fingerprint density at radius 2 is 2.00 bits per heavy atom. The minimum atomic E-state index is -3.54. The summed E-state index contributed by atoms with van der Waals surface area (Å²) in [7, 11) is -3.54. The number of nitrogens with one attached hydrogen (secondary N) is 1. The van der Waals surface area contributed by atoms with Crippen LogP contribution in [0.5, 0.6) is 0 Å². The van der Waals surface area contributed by atoms with Gasteiger partial charge >= 0.3 is 0 Å². The number of rotatable bonds is 7. The summed E-state index contributed by atoms with van der Waals surface area (Å²) in [6.45, 7) is 3.98. The van der Waals surface area contributed by atoms with E-state index in [-0.39, 0.29) is 17.4 Å². The van der Waals surface area contributed by atoms with Gasteiger partial charge < -0.3 is 9.52 Å². The molecule has 6 nitrogen and oxygen atoms in total. The highest BCUT2D eigenvalue weighted by Gasteiger charge is 2.15. The van der Waals surface area contributed by atoms with Crippen molar-refractivity contribution in [2.75, 3.05) is 13.2 Å². The molecule has 0 fully saturated rings. The first-order valence-corrected chi connectivity index (χ1v) is 8.54. The van der Waals surface area contributed by atoms with Crippen LogP contribution >= 0.6 is 0 Å². The molecule has 1 atom stereocenters. The molecule has 0 spiro atoms. The summed E-state index contributed by atoms with van der Waals surface area (Å²) >= 11 is 0. The molecule has 1 heterocycles. The van der Waals surface area contributed by atoms with Crippen LogP contribution in [0.15, 0.2) is 39.8 Å². The van der Waals surface area contributed by atoms with Gasteiger partial charge in [0.15, 0.2) is 5.89 Å². The van der Waals surface area contributed by atoms with Crippen molar-refractivity contribution in [2.45, 2.75) is 25.2 Å². The monoisotopic (exact) mass is 324 g/mol. The molecule has 0 aliphatic heterocycles. The molecule has 120 valence electrons. The summed E-state index contributed by atoms with van der Waals surface area (Å²) in [6, 6.07) is 6.47. The molecule has 22 heavy (non-hydrogen) atoms. The zero-order chi connectivity index (χ0) is 16.2. The van der Waals surface area contributed by atoms with E-state index >= 15 is 0 Å². The molecule has 0 aliphatic carbocycles. The molecule has 0 radical (unpaired) electrons. The second kappa shape index (κ2) is 7.04. The summed E-state index contributed by atoms with van der Waals surface area (Å²) in [5.74, 6) is 0.642. The fourth-order valence-corrected chi connectivity index (χ4v) is 3.12. The fourth-order valence-electron chi connectivity index (χ4n) is 1.96. The van der Waals surface area contributed by atoms with Crippen molar-refractivity contribution in [3.63, 3.8) is 0 Å². The summed E-state index contributed by atoms with van der Waals surface area (Å²) in [4.78, 5) is 4.40. The zero-order valence-corrected chi connectivity index (χ0v) is 13.4. The average Bonchev–Trinajstić information content (AvgIpc) is 2.92. The molecule has 1 aromatic carbocycles. The van der Waals surface area contributed by atoms with Crippen LogP contribution in [-0.4, -0.2) is 31.7 Å². The lowest BCUT2D eigenvalue weighted by molar-refractivity contribution is 0.263. The van der Waals surface area contributed by atoms with Crippen molar-refractivity contribution in [1.82, 2.24) is 9.71 Å². The van der Waals surface area contributed by atoms with E-state index in [0.717, 1.165) is 5.56 Å². The fraction of sp³-hybridized carbons (Fsp3) is 0.400. The highest BCUT2D eigenvalue weighted by Crippen LogP contribution is 2.20. The third kappa shape index (κ3) is 4.16. The Balaban J connectivity index is 2.08. The molecule has 1 aromatic heterocycles. The summed E-state index contributed by atoms with van der Waals surface area (Å²) in [5, 5.41) is 8.83. The van der Waals surface area contributed by atoms with E-state index in [9.17, 15) is 8.42 Å². The highest BCUT2D eigenvalue weighted by atomic mass is 32.2. The minimum absolute atomic E-state index is 0.0503. The Labute approximate surface area is 130 Å².